The quantitative estimate of drug-likeness (QED) is 0.348. The minimum Gasteiger partial charge on any atom is -0.508 e. The minimum atomic E-state index is 0. The Morgan fingerprint density at radius 1 is 1.00 bits per heavy atom. The normalized spacial score (nSPS) is 19.7. The topological polar surface area (TPSA) is 71.4 Å². The van der Waals surface area contributed by atoms with Gasteiger partial charge >= 0.3 is 0 Å². The number of guanidine groups is 1. The Kier molecular flexibility index (Phi) is 8.83. The molecule has 31 heavy (non-hydrogen) atoms. The van der Waals surface area contributed by atoms with Crippen LogP contribution in [0.3, 0.4) is 0 Å². The summed E-state index contributed by atoms with van der Waals surface area (Å²) in [7, 11) is 1.81. The van der Waals surface area contributed by atoms with Gasteiger partial charge in [0.2, 0.25) is 5.91 Å². The molecule has 0 unspecified atom stereocenters. The highest BCUT2D eigenvalue weighted by Crippen LogP contribution is 2.30. The Balaban J connectivity index is 0.00000272. The van der Waals surface area contributed by atoms with Gasteiger partial charge in [-0.1, -0.05) is 6.07 Å². The number of aryl methyl sites for hydroxylation is 1. The summed E-state index contributed by atoms with van der Waals surface area (Å²) in [6.07, 6.45) is 6.86. The number of rotatable bonds is 4. The predicted molar refractivity (Wildman–Crippen MR) is 134 cm³/mol. The second kappa shape index (κ2) is 11.4. The number of phenolic OH excluding ortho intramolecular Hbond substituents is 1. The van der Waals surface area contributed by atoms with E-state index in [1.165, 1.54) is 24.0 Å². The molecule has 7 nitrogen and oxygen atoms in total. The van der Waals surface area contributed by atoms with Gasteiger partial charge in [-0.25, -0.2) is 0 Å². The Bertz CT molecular complexity index is 786. The standard InChI is InChI=1S/C23H35N5O2.HI/c1-24-23(25-16-20-19-7-3-2-6-18(19)8-9-21(20)29)28-14-12-26(13-15-28)17-22(30)27-10-4-5-11-27;/h8-9,29H,2-7,10-17H2,1H3,(H,24,25);1H. The third kappa shape index (κ3) is 5.83. The van der Waals surface area contributed by atoms with Crippen LogP contribution in [0.1, 0.15) is 42.4 Å². The maximum atomic E-state index is 12.4. The number of nitrogens with zero attached hydrogens (tertiary/aromatic N) is 4. The summed E-state index contributed by atoms with van der Waals surface area (Å²) < 4.78 is 0. The fraction of sp³-hybridized carbons (Fsp3) is 0.652. The zero-order chi connectivity index (χ0) is 20.9. The lowest BCUT2D eigenvalue weighted by Crippen LogP contribution is -2.54. The van der Waals surface area contributed by atoms with E-state index < -0.39 is 0 Å². The summed E-state index contributed by atoms with van der Waals surface area (Å²) in [6, 6.07) is 3.91. The molecule has 0 bridgehead atoms. The molecule has 0 radical (unpaired) electrons. The van der Waals surface area contributed by atoms with Gasteiger partial charge in [0.15, 0.2) is 5.96 Å². The van der Waals surface area contributed by atoms with Gasteiger partial charge < -0.3 is 20.2 Å². The number of carbonyl (C=O) groups excluding carboxylic acids is 1. The number of amides is 1. The summed E-state index contributed by atoms with van der Waals surface area (Å²) in [5, 5.41) is 13.9. The van der Waals surface area contributed by atoms with E-state index in [0.29, 0.717) is 18.8 Å². The van der Waals surface area contributed by atoms with Gasteiger partial charge in [-0.2, -0.15) is 0 Å². The van der Waals surface area contributed by atoms with E-state index in [2.05, 4.69) is 26.2 Å². The molecule has 0 aromatic heterocycles. The first kappa shape index (κ1) is 24.1. The van der Waals surface area contributed by atoms with Gasteiger partial charge in [0.05, 0.1) is 6.54 Å². The Hall–Kier alpha value is -1.55. The molecule has 2 fully saturated rings. The van der Waals surface area contributed by atoms with E-state index in [-0.39, 0.29) is 29.9 Å². The number of halogens is 1. The van der Waals surface area contributed by atoms with Gasteiger partial charge in [-0.05, 0) is 55.7 Å². The molecule has 3 aliphatic rings. The minimum absolute atomic E-state index is 0. The first-order chi connectivity index (χ1) is 14.7. The van der Waals surface area contributed by atoms with Crippen LogP contribution in [0.2, 0.25) is 0 Å². The number of benzene rings is 1. The van der Waals surface area contributed by atoms with Crippen molar-refractivity contribution >= 4 is 35.8 Å². The third-order valence-electron chi connectivity index (χ3n) is 6.75. The molecule has 1 aromatic rings. The van der Waals surface area contributed by atoms with Crippen molar-refractivity contribution in [2.75, 3.05) is 52.9 Å². The number of carbonyl (C=O) groups is 1. The number of fused-ring (bicyclic) bond motifs is 1. The Morgan fingerprint density at radius 2 is 1.71 bits per heavy atom. The highest BCUT2D eigenvalue weighted by atomic mass is 127. The van der Waals surface area contributed by atoms with Crippen molar-refractivity contribution < 1.29 is 9.90 Å². The van der Waals surface area contributed by atoms with Gasteiger partial charge in [-0.15, -0.1) is 24.0 Å². The average Bonchev–Trinajstić information content (AvgIpc) is 3.31. The van der Waals surface area contributed by atoms with Crippen molar-refractivity contribution in [2.45, 2.75) is 45.1 Å². The molecule has 1 aliphatic carbocycles. The lowest BCUT2D eigenvalue weighted by Gasteiger charge is -2.36. The predicted octanol–water partition coefficient (Wildman–Crippen LogP) is 2.20. The van der Waals surface area contributed by atoms with Gasteiger partial charge in [-0.3, -0.25) is 14.7 Å². The number of hydrogen-bond acceptors (Lipinski definition) is 4. The summed E-state index contributed by atoms with van der Waals surface area (Å²) in [4.78, 5) is 23.4. The van der Waals surface area contributed by atoms with Crippen LogP contribution in [-0.2, 0) is 24.2 Å². The number of likely N-dealkylation sites (tertiary alicyclic amines) is 1. The summed E-state index contributed by atoms with van der Waals surface area (Å²) in [6.45, 7) is 6.41. The zero-order valence-electron chi connectivity index (χ0n) is 18.6. The van der Waals surface area contributed by atoms with Crippen LogP contribution in [0.15, 0.2) is 17.1 Å². The molecule has 2 saturated heterocycles. The number of hydrogen-bond donors (Lipinski definition) is 2. The van der Waals surface area contributed by atoms with Crippen molar-refractivity contribution in [1.82, 2.24) is 20.0 Å². The van der Waals surface area contributed by atoms with Crippen LogP contribution in [0.4, 0.5) is 0 Å². The van der Waals surface area contributed by atoms with E-state index in [4.69, 9.17) is 0 Å². The average molecular weight is 541 g/mol. The highest BCUT2D eigenvalue weighted by molar-refractivity contribution is 14.0. The molecular formula is C23H36IN5O2. The summed E-state index contributed by atoms with van der Waals surface area (Å²) >= 11 is 0. The van der Waals surface area contributed by atoms with Crippen molar-refractivity contribution in [2.24, 2.45) is 4.99 Å². The second-order valence-electron chi connectivity index (χ2n) is 8.66. The SMILES string of the molecule is CN=C(NCc1c(O)ccc2c1CCCC2)N1CCN(CC(=O)N2CCCC2)CC1.I. The lowest BCUT2D eigenvalue weighted by atomic mass is 9.88. The molecule has 4 rings (SSSR count). The summed E-state index contributed by atoms with van der Waals surface area (Å²) in [5.74, 6) is 1.52. The smallest absolute Gasteiger partial charge is 0.236 e. The number of aliphatic imine (C=N–C) groups is 1. The highest BCUT2D eigenvalue weighted by Gasteiger charge is 2.25. The van der Waals surface area contributed by atoms with Crippen molar-refractivity contribution in [3.05, 3.63) is 28.8 Å². The molecule has 8 heteroatoms. The number of phenols is 1. The lowest BCUT2D eigenvalue weighted by molar-refractivity contribution is -0.131. The van der Waals surface area contributed by atoms with Crippen molar-refractivity contribution in [3.8, 4) is 5.75 Å². The van der Waals surface area contributed by atoms with Gasteiger partial charge in [0, 0.05) is 58.4 Å². The summed E-state index contributed by atoms with van der Waals surface area (Å²) in [5.41, 5.74) is 3.71. The van der Waals surface area contributed by atoms with Gasteiger partial charge in [0.1, 0.15) is 5.75 Å². The number of aromatic hydroxyl groups is 1. The fourth-order valence-electron chi connectivity index (χ4n) is 4.96. The zero-order valence-corrected chi connectivity index (χ0v) is 20.9. The van der Waals surface area contributed by atoms with E-state index in [0.717, 1.165) is 76.5 Å². The molecule has 172 valence electrons. The van der Waals surface area contributed by atoms with Crippen LogP contribution >= 0.6 is 24.0 Å². The molecule has 2 aliphatic heterocycles. The Labute approximate surface area is 202 Å². The fourth-order valence-corrected chi connectivity index (χ4v) is 4.96. The second-order valence-corrected chi connectivity index (χ2v) is 8.66. The molecule has 0 spiro atoms. The molecule has 1 amide bonds. The van der Waals surface area contributed by atoms with Crippen LogP contribution in [-0.4, -0.2) is 84.5 Å². The van der Waals surface area contributed by atoms with Crippen LogP contribution in [0, 0.1) is 0 Å². The third-order valence-corrected chi connectivity index (χ3v) is 6.75. The van der Waals surface area contributed by atoms with E-state index >= 15 is 0 Å². The monoisotopic (exact) mass is 541 g/mol. The van der Waals surface area contributed by atoms with Crippen LogP contribution in [0.5, 0.6) is 5.75 Å². The number of nitrogens with one attached hydrogen (secondary N) is 1. The van der Waals surface area contributed by atoms with Gasteiger partial charge in [0.25, 0.3) is 0 Å². The molecule has 0 saturated carbocycles. The molecule has 0 atom stereocenters. The maximum Gasteiger partial charge on any atom is 0.236 e. The van der Waals surface area contributed by atoms with Crippen LogP contribution in [0.25, 0.3) is 0 Å². The van der Waals surface area contributed by atoms with E-state index in [9.17, 15) is 9.90 Å². The maximum absolute atomic E-state index is 12.4. The molecular weight excluding hydrogens is 505 g/mol. The first-order valence-electron chi connectivity index (χ1n) is 11.4. The number of piperazine rings is 1. The van der Waals surface area contributed by atoms with E-state index in [1.54, 1.807) is 0 Å². The Morgan fingerprint density at radius 3 is 2.42 bits per heavy atom. The van der Waals surface area contributed by atoms with Crippen molar-refractivity contribution in [3.63, 3.8) is 0 Å². The largest absolute Gasteiger partial charge is 0.508 e. The molecule has 2 N–H and O–H groups in total. The first-order valence-corrected chi connectivity index (χ1v) is 11.4. The molecule has 2 heterocycles. The van der Waals surface area contributed by atoms with Crippen LogP contribution < -0.4 is 5.32 Å². The molecule has 1 aromatic carbocycles. The van der Waals surface area contributed by atoms with E-state index in [1.807, 2.05) is 18.0 Å². The van der Waals surface area contributed by atoms with Crippen molar-refractivity contribution in [1.29, 1.82) is 0 Å².